The van der Waals surface area contributed by atoms with Crippen molar-refractivity contribution in [3.63, 3.8) is 0 Å². The zero-order valence-corrected chi connectivity index (χ0v) is 11.9. The van der Waals surface area contributed by atoms with Crippen LogP contribution in [0.25, 0.3) is 0 Å². The first-order valence-electron chi connectivity index (χ1n) is 7.45. The SMILES string of the molecule is CN(C(=O)NC1CCCC1C(=O)O)C1CCCCC1O. The molecular formula is C14H24N2O4. The lowest BCUT2D eigenvalue weighted by molar-refractivity contribution is -0.142. The van der Waals surface area contributed by atoms with Crippen LogP contribution < -0.4 is 5.32 Å². The molecule has 2 saturated carbocycles. The van der Waals surface area contributed by atoms with E-state index in [9.17, 15) is 14.7 Å². The van der Waals surface area contributed by atoms with Crippen molar-refractivity contribution in [2.45, 2.75) is 63.1 Å². The maximum Gasteiger partial charge on any atom is 0.317 e. The van der Waals surface area contributed by atoms with Gasteiger partial charge in [-0.25, -0.2) is 4.79 Å². The van der Waals surface area contributed by atoms with Gasteiger partial charge in [0.2, 0.25) is 0 Å². The highest BCUT2D eigenvalue weighted by molar-refractivity contribution is 5.77. The van der Waals surface area contributed by atoms with E-state index in [0.29, 0.717) is 12.8 Å². The number of carboxylic acids is 1. The minimum atomic E-state index is -0.840. The number of hydrogen-bond donors (Lipinski definition) is 3. The molecule has 2 aliphatic rings. The highest BCUT2D eigenvalue weighted by atomic mass is 16.4. The Labute approximate surface area is 119 Å². The third-order valence-electron chi connectivity index (χ3n) is 4.65. The summed E-state index contributed by atoms with van der Waals surface area (Å²) in [4.78, 5) is 24.9. The summed E-state index contributed by atoms with van der Waals surface area (Å²) in [6.07, 6.45) is 5.23. The van der Waals surface area contributed by atoms with Crippen LogP contribution in [0.15, 0.2) is 0 Å². The number of carboxylic acid groups (broad SMARTS) is 1. The predicted octanol–water partition coefficient (Wildman–Crippen LogP) is 1.18. The number of nitrogens with one attached hydrogen (secondary N) is 1. The van der Waals surface area contributed by atoms with Gasteiger partial charge in [0.15, 0.2) is 0 Å². The van der Waals surface area contributed by atoms with E-state index in [-0.39, 0.29) is 18.1 Å². The summed E-state index contributed by atoms with van der Waals surface area (Å²) in [6.45, 7) is 0. The van der Waals surface area contributed by atoms with Gasteiger partial charge in [-0.2, -0.15) is 0 Å². The first kappa shape index (κ1) is 15.1. The second-order valence-electron chi connectivity index (χ2n) is 5.96. The summed E-state index contributed by atoms with van der Waals surface area (Å²) in [5.74, 6) is -1.32. The number of nitrogens with zero attached hydrogens (tertiary/aromatic N) is 1. The van der Waals surface area contributed by atoms with Crippen molar-refractivity contribution in [2.75, 3.05) is 7.05 Å². The molecule has 0 spiro atoms. The molecular weight excluding hydrogens is 260 g/mol. The van der Waals surface area contributed by atoms with Gasteiger partial charge in [0.05, 0.1) is 18.1 Å². The van der Waals surface area contributed by atoms with E-state index < -0.39 is 18.0 Å². The molecule has 0 aromatic rings. The quantitative estimate of drug-likeness (QED) is 0.726. The van der Waals surface area contributed by atoms with Crippen LogP contribution in [0.3, 0.4) is 0 Å². The predicted molar refractivity (Wildman–Crippen MR) is 73.3 cm³/mol. The van der Waals surface area contributed by atoms with Crippen LogP contribution in [0.5, 0.6) is 0 Å². The average molecular weight is 284 g/mol. The normalized spacial score (nSPS) is 33.7. The third-order valence-corrected chi connectivity index (χ3v) is 4.65. The van der Waals surface area contributed by atoms with Gasteiger partial charge in [-0.05, 0) is 25.7 Å². The molecule has 2 aliphatic carbocycles. The van der Waals surface area contributed by atoms with Crippen LogP contribution in [0.4, 0.5) is 4.79 Å². The number of likely N-dealkylation sites (N-methyl/N-ethyl adjacent to an activating group) is 1. The molecule has 6 heteroatoms. The lowest BCUT2D eigenvalue weighted by atomic mass is 9.92. The number of rotatable bonds is 3. The molecule has 2 rings (SSSR count). The fraction of sp³-hybridized carbons (Fsp3) is 0.857. The molecule has 3 N–H and O–H groups in total. The van der Waals surface area contributed by atoms with Gasteiger partial charge in [-0.15, -0.1) is 0 Å². The second kappa shape index (κ2) is 6.43. The molecule has 0 radical (unpaired) electrons. The first-order valence-corrected chi connectivity index (χ1v) is 7.45. The van der Waals surface area contributed by atoms with Crippen LogP contribution >= 0.6 is 0 Å². The minimum absolute atomic E-state index is 0.159. The summed E-state index contributed by atoms with van der Waals surface area (Å²) in [5, 5.41) is 21.9. The fourth-order valence-corrected chi connectivity index (χ4v) is 3.38. The summed E-state index contributed by atoms with van der Waals surface area (Å²) >= 11 is 0. The Kier molecular flexibility index (Phi) is 4.86. The molecule has 114 valence electrons. The zero-order chi connectivity index (χ0) is 14.7. The molecule has 0 aliphatic heterocycles. The Hall–Kier alpha value is -1.30. The van der Waals surface area contributed by atoms with Gasteiger partial charge in [0.25, 0.3) is 0 Å². The first-order chi connectivity index (χ1) is 9.50. The van der Waals surface area contributed by atoms with Gasteiger partial charge in [0, 0.05) is 13.1 Å². The number of aliphatic hydroxyl groups is 1. The number of carbonyl (C=O) groups is 2. The molecule has 4 unspecified atom stereocenters. The van der Waals surface area contributed by atoms with Crippen LogP contribution in [0, 0.1) is 5.92 Å². The minimum Gasteiger partial charge on any atom is -0.481 e. The van der Waals surface area contributed by atoms with Gasteiger partial charge in [-0.1, -0.05) is 19.3 Å². The number of aliphatic carboxylic acids is 1. The molecule has 0 bridgehead atoms. The van der Waals surface area contributed by atoms with E-state index in [1.807, 2.05) is 0 Å². The molecule has 20 heavy (non-hydrogen) atoms. The molecule has 4 atom stereocenters. The standard InChI is InChI=1S/C14H24N2O4/c1-16(11-7-2-3-8-12(11)17)14(20)15-10-6-4-5-9(10)13(18)19/h9-12,17H,2-8H2,1H3,(H,15,20)(H,18,19). The van der Waals surface area contributed by atoms with Crippen LogP contribution in [0.1, 0.15) is 44.9 Å². The molecule has 0 heterocycles. The van der Waals surface area contributed by atoms with Crippen molar-refractivity contribution < 1.29 is 19.8 Å². The molecule has 6 nitrogen and oxygen atoms in total. The largest absolute Gasteiger partial charge is 0.481 e. The molecule has 2 fully saturated rings. The smallest absolute Gasteiger partial charge is 0.317 e. The third kappa shape index (κ3) is 3.23. The van der Waals surface area contributed by atoms with Crippen LogP contribution in [0.2, 0.25) is 0 Å². The summed E-state index contributed by atoms with van der Waals surface area (Å²) in [6, 6.07) is -0.717. The Morgan fingerprint density at radius 2 is 1.80 bits per heavy atom. The van der Waals surface area contributed by atoms with E-state index in [2.05, 4.69) is 5.32 Å². The topological polar surface area (TPSA) is 89.9 Å². The van der Waals surface area contributed by atoms with Crippen LogP contribution in [-0.4, -0.2) is 52.3 Å². The van der Waals surface area contributed by atoms with Crippen molar-refractivity contribution in [1.82, 2.24) is 10.2 Å². The van der Waals surface area contributed by atoms with E-state index in [4.69, 9.17) is 5.11 Å². The monoisotopic (exact) mass is 284 g/mol. The highest BCUT2D eigenvalue weighted by Gasteiger charge is 2.36. The molecule has 0 aromatic carbocycles. The van der Waals surface area contributed by atoms with E-state index in [1.54, 1.807) is 11.9 Å². The van der Waals surface area contributed by atoms with Crippen molar-refractivity contribution in [1.29, 1.82) is 0 Å². The van der Waals surface area contributed by atoms with Crippen LogP contribution in [-0.2, 0) is 4.79 Å². The number of aliphatic hydroxyl groups excluding tert-OH is 1. The van der Waals surface area contributed by atoms with E-state index >= 15 is 0 Å². The lowest BCUT2D eigenvalue weighted by Crippen LogP contribution is -2.53. The Morgan fingerprint density at radius 1 is 1.10 bits per heavy atom. The number of amides is 2. The van der Waals surface area contributed by atoms with E-state index in [0.717, 1.165) is 32.1 Å². The van der Waals surface area contributed by atoms with Gasteiger partial charge < -0.3 is 20.4 Å². The van der Waals surface area contributed by atoms with Crippen molar-refractivity contribution in [2.24, 2.45) is 5.92 Å². The maximum atomic E-state index is 12.2. The Bertz CT molecular complexity index is 374. The Balaban J connectivity index is 1.92. The lowest BCUT2D eigenvalue weighted by Gasteiger charge is -2.36. The Morgan fingerprint density at radius 3 is 2.45 bits per heavy atom. The van der Waals surface area contributed by atoms with Crippen molar-refractivity contribution in [3.05, 3.63) is 0 Å². The van der Waals surface area contributed by atoms with Gasteiger partial charge in [-0.3, -0.25) is 4.79 Å². The van der Waals surface area contributed by atoms with E-state index in [1.165, 1.54) is 0 Å². The average Bonchev–Trinajstić information content (AvgIpc) is 2.86. The summed E-state index contributed by atoms with van der Waals surface area (Å²) in [7, 11) is 1.68. The molecule has 0 saturated heterocycles. The highest BCUT2D eigenvalue weighted by Crippen LogP contribution is 2.27. The van der Waals surface area contributed by atoms with Gasteiger partial charge in [0.1, 0.15) is 0 Å². The zero-order valence-electron chi connectivity index (χ0n) is 11.9. The number of hydrogen-bond acceptors (Lipinski definition) is 3. The summed E-state index contributed by atoms with van der Waals surface area (Å²) < 4.78 is 0. The molecule has 0 aromatic heterocycles. The van der Waals surface area contributed by atoms with Crippen molar-refractivity contribution >= 4 is 12.0 Å². The number of urea groups is 1. The second-order valence-corrected chi connectivity index (χ2v) is 5.96. The van der Waals surface area contributed by atoms with Gasteiger partial charge >= 0.3 is 12.0 Å². The fourth-order valence-electron chi connectivity index (χ4n) is 3.38. The summed E-state index contributed by atoms with van der Waals surface area (Å²) in [5.41, 5.74) is 0. The number of carbonyl (C=O) groups excluding carboxylic acids is 1. The maximum absolute atomic E-state index is 12.2. The molecule has 2 amide bonds. The van der Waals surface area contributed by atoms with Crippen molar-refractivity contribution in [3.8, 4) is 0 Å².